The first-order valence-electron chi connectivity index (χ1n) is 11.9. The molecule has 0 radical (unpaired) electrons. The molecule has 1 saturated heterocycles. The standard InChI is InChI=1S/C27H33N3O4/c1-17(2)34-26(31)23-24(19-5-9-21(10-6-19)30-15-13-18(3)14-16-30)28-27(32)29-25(23)20-7-11-22(33-4)12-8-20/h5-12,17-18,24H,13-16H2,1-4H3,(H2,28,29,32). The van der Waals surface area contributed by atoms with Crippen LogP contribution < -0.4 is 20.3 Å². The highest BCUT2D eigenvalue weighted by Crippen LogP contribution is 2.34. The number of urea groups is 1. The average molecular weight is 464 g/mol. The van der Waals surface area contributed by atoms with E-state index in [-0.39, 0.29) is 12.1 Å². The Kier molecular flexibility index (Phi) is 7.10. The van der Waals surface area contributed by atoms with Crippen LogP contribution in [0, 0.1) is 5.92 Å². The van der Waals surface area contributed by atoms with E-state index in [1.165, 1.54) is 12.8 Å². The summed E-state index contributed by atoms with van der Waals surface area (Å²) in [5, 5.41) is 5.74. The Balaban J connectivity index is 1.71. The summed E-state index contributed by atoms with van der Waals surface area (Å²) in [4.78, 5) is 28.3. The fourth-order valence-corrected chi connectivity index (χ4v) is 4.44. The molecule has 34 heavy (non-hydrogen) atoms. The van der Waals surface area contributed by atoms with E-state index in [1.54, 1.807) is 19.2 Å². The first kappa shape index (κ1) is 23.7. The van der Waals surface area contributed by atoms with Gasteiger partial charge in [-0.2, -0.15) is 0 Å². The van der Waals surface area contributed by atoms with Crippen LogP contribution in [0.3, 0.4) is 0 Å². The number of piperidine rings is 1. The van der Waals surface area contributed by atoms with Crippen molar-refractivity contribution in [2.45, 2.75) is 45.8 Å². The Morgan fingerprint density at radius 3 is 2.26 bits per heavy atom. The quantitative estimate of drug-likeness (QED) is 0.610. The van der Waals surface area contributed by atoms with E-state index in [4.69, 9.17) is 9.47 Å². The van der Waals surface area contributed by atoms with Gasteiger partial charge in [0.2, 0.25) is 0 Å². The van der Waals surface area contributed by atoms with Gasteiger partial charge in [0.1, 0.15) is 5.75 Å². The number of hydrogen-bond acceptors (Lipinski definition) is 5. The Hall–Kier alpha value is -3.48. The number of nitrogens with zero attached hydrogens (tertiary/aromatic N) is 1. The van der Waals surface area contributed by atoms with E-state index in [0.717, 1.165) is 30.3 Å². The molecule has 7 nitrogen and oxygen atoms in total. The van der Waals surface area contributed by atoms with Crippen molar-refractivity contribution >= 4 is 23.4 Å². The molecule has 4 rings (SSSR count). The van der Waals surface area contributed by atoms with Crippen LogP contribution in [-0.4, -0.2) is 38.3 Å². The summed E-state index contributed by atoms with van der Waals surface area (Å²) in [6, 6.07) is 14.3. The number of esters is 1. The number of carbonyl (C=O) groups excluding carboxylic acids is 2. The van der Waals surface area contributed by atoms with Crippen LogP contribution in [-0.2, 0) is 9.53 Å². The smallest absolute Gasteiger partial charge is 0.338 e. The summed E-state index contributed by atoms with van der Waals surface area (Å²) in [5.74, 6) is 0.985. The number of carbonyl (C=O) groups is 2. The zero-order chi connectivity index (χ0) is 24.2. The van der Waals surface area contributed by atoms with Crippen molar-refractivity contribution in [1.82, 2.24) is 10.6 Å². The zero-order valence-corrected chi connectivity index (χ0v) is 20.3. The fraction of sp³-hybridized carbons (Fsp3) is 0.407. The SMILES string of the molecule is COc1ccc(C2=C(C(=O)OC(C)C)C(c3ccc(N4CCC(C)CC4)cc3)NC(=O)N2)cc1. The van der Waals surface area contributed by atoms with Crippen LogP contribution in [0.1, 0.15) is 50.8 Å². The minimum Gasteiger partial charge on any atom is -0.497 e. The van der Waals surface area contributed by atoms with Crippen molar-refractivity contribution in [2.24, 2.45) is 5.92 Å². The molecule has 0 aromatic heterocycles. The van der Waals surface area contributed by atoms with E-state index < -0.39 is 12.0 Å². The Morgan fingerprint density at radius 1 is 1.03 bits per heavy atom. The molecule has 2 N–H and O–H groups in total. The van der Waals surface area contributed by atoms with Gasteiger partial charge in [0, 0.05) is 18.8 Å². The highest BCUT2D eigenvalue weighted by atomic mass is 16.5. The zero-order valence-electron chi connectivity index (χ0n) is 20.3. The second-order valence-corrected chi connectivity index (χ2v) is 9.26. The molecule has 0 aliphatic carbocycles. The third-order valence-corrected chi connectivity index (χ3v) is 6.39. The maximum Gasteiger partial charge on any atom is 0.338 e. The minimum atomic E-state index is -0.632. The van der Waals surface area contributed by atoms with Crippen LogP contribution in [0.2, 0.25) is 0 Å². The Bertz CT molecular complexity index is 1050. The molecule has 7 heteroatoms. The highest BCUT2D eigenvalue weighted by molar-refractivity contribution is 6.04. The van der Waals surface area contributed by atoms with Crippen molar-refractivity contribution in [1.29, 1.82) is 0 Å². The lowest BCUT2D eigenvalue weighted by molar-refractivity contribution is -0.143. The molecule has 0 spiro atoms. The molecule has 2 aromatic rings. The number of nitrogens with one attached hydrogen (secondary N) is 2. The predicted molar refractivity (Wildman–Crippen MR) is 133 cm³/mol. The largest absolute Gasteiger partial charge is 0.497 e. The van der Waals surface area contributed by atoms with Gasteiger partial charge in [-0.3, -0.25) is 0 Å². The summed E-state index contributed by atoms with van der Waals surface area (Å²) in [5.41, 5.74) is 3.50. The Labute approximate surface area is 201 Å². The summed E-state index contributed by atoms with van der Waals surface area (Å²) < 4.78 is 10.8. The molecule has 2 aliphatic heterocycles. The van der Waals surface area contributed by atoms with Gasteiger partial charge in [-0.1, -0.05) is 19.1 Å². The van der Waals surface area contributed by atoms with Gasteiger partial charge in [0.05, 0.1) is 30.5 Å². The van der Waals surface area contributed by atoms with E-state index in [1.807, 2.05) is 38.1 Å². The molecule has 2 heterocycles. The first-order valence-corrected chi connectivity index (χ1v) is 11.9. The molecule has 2 aliphatic rings. The van der Waals surface area contributed by atoms with Crippen molar-refractivity contribution in [3.63, 3.8) is 0 Å². The van der Waals surface area contributed by atoms with E-state index in [2.05, 4.69) is 34.6 Å². The normalized spacial score (nSPS) is 19.0. The van der Waals surface area contributed by atoms with Crippen LogP contribution in [0.5, 0.6) is 5.75 Å². The molecular weight excluding hydrogens is 430 g/mol. The third-order valence-electron chi connectivity index (χ3n) is 6.39. The van der Waals surface area contributed by atoms with E-state index >= 15 is 0 Å². The van der Waals surface area contributed by atoms with Crippen molar-refractivity contribution in [3.05, 3.63) is 65.2 Å². The van der Waals surface area contributed by atoms with Gasteiger partial charge < -0.3 is 25.0 Å². The van der Waals surface area contributed by atoms with Gasteiger partial charge in [-0.15, -0.1) is 0 Å². The molecule has 1 unspecified atom stereocenters. The van der Waals surface area contributed by atoms with Gasteiger partial charge in [0.15, 0.2) is 0 Å². The van der Waals surface area contributed by atoms with Gasteiger partial charge in [0.25, 0.3) is 0 Å². The molecule has 2 amide bonds. The lowest BCUT2D eigenvalue weighted by atomic mass is 9.92. The third kappa shape index (κ3) is 5.19. The number of ether oxygens (including phenoxy) is 2. The second-order valence-electron chi connectivity index (χ2n) is 9.26. The molecule has 0 saturated carbocycles. The lowest BCUT2D eigenvalue weighted by Crippen LogP contribution is -2.45. The van der Waals surface area contributed by atoms with E-state index in [9.17, 15) is 9.59 Å². The molecule has 1 fully saturated rings. The van der Waals surface area contributed by atoms with Gasteiger partial charge >= 0.3 is 12.0 Å². The van der Waals surface area contributed by atoms with E-state index in [0.29, 0.717) is 22.6 Å². The average Bonchev–Trinajstić information content (AvgIpc) is 2.83. The number of methoxy groups -OCH3 is 1. The summed E-state index contributed by atoms with van der Waals surface area (Å²) >= 11 is 0. The maximum atomic E-state index is 13.2. The van der Waals surface area contributed by atoms with Gasteiger partial charge in [-0.25, -0.2) is 9.59 Å². The fourth-order valence-electron chi connectivity index (χ4n) is 4.44. The van der Waals surface area contributed by atoms with Crippen LogP contribution in [0.4, 0.5) is 10.5 Å². The molecule has 1 atom stereocenters. The summed E-state index contributed by atoms with van der Waals surface area (Å²) in [7, 11) is 1.59. The topological polar surface area (TPSA) is 79.9 Å². The molecular formula is C27H33N3O4. The number of hydrogen-bond donors (Lipinski definition) is 2. The Morgan fingerprint density at radius 2 is 1.68 bits per heavy atom. The first-order chi connectivity index (χ1) is 16.4. The lowest BCUT2D eigenvalue weighted by Gasteiger charge is -2.33. The van der Waals surface area contributed by atoms with Crippen LogP contribution in [0.15, 0.2) is 54.1 Å². The molecule has 2 aromatic carbocycles. The maximum absolute atomic E-state index is 13.2. The van der Waals surface area contributed by atoms with Crippen molar-refractivity contribution in [3.8, 4) is 5.75 Å². The monoisotopic (exact) mass is 463 g/mol. The van der Waals surface area contributed by atoms with Crippen LogP contribution >= 0.6 is 0 Å². The second kappa shape index (κ2) is 10.2. The summed E-state index contributed by atoms with van der Waals surface area (Å²) in [6.07, 6.45) is 2.08. The summed E-state index contributed by atoms with van der Waals surface area (Å²) in [6.45, 7) is 7.99. The number of rotatable bonds is 6. The number of anilines is 1. The predicted octanol–water partition coefficient (Wildman–Crippen LogP) is 4.65. The van der Waals surface area contributed by atoms with Crippen LogP contribution in [0.25, 0.3) is 5.70 Å². The highest BCUT2D eigenvalue weighted by Gasteiger charge is 2.35. The van der Waals surface area contributed by atoms with Crippen molar-refractivity contribution < 1.29 is 19.1 Å². The molecule has 0 bridgehead atoms. The van der Waals surface area contributed by atoms with Crippen molar-refractivity contribution in [2.75, 3.05) is 25.1 Å². The molecule has 180 valence electrons. The minimum absolute atomic E-state index is 0.292. The number of amides is 2. The van der Waals surface area contributed by atoms with Gasteiger partial charge in [-0.05, 0) is 80.1 Å². The number of benzene rings is 2.